The molecule has 19 heavy (non-hydrogen) atoms. The fraction of sp³-hybridized carbons (Fsp3) is 0.615. The Morgan fingerprint density at radius 2 is 2.05 bits per heavy atom. The average Bonchev–Trinajstić information content (AvgIpc) is 3.05. The summed E-state index contributed by atoms with van der Waals surface area (Å²) in [6, 6.07) is 0.853. The molecule has 0 radical (unpaired) electrons. The highest BCUT2D eigenvalue weighted by molar-refractivity contribution is 5.87. The van der Waals surface area contributed by atoms with Crippen LogP contribution < -0.4 is 10.2 Å². The lowest BCUT2D eigenvalue weighted by atomic mass is 10.3. The summed E-state index contributed by atoms with van der Waals surface area (Å²) in [7, 11) is 3.91. The molecule has 6 heteroatoms. The quantitative estimate of drug-likeness (QED) is 0.911. The third-order valence-electron chi connectivity index (χ3n) is 3.25. The molecule has 1 aliphatic carbocycles. The van der Waals surface area contributed by atoms with Crippen molar-refractivity contribution in [2.45, 2.75) is 38.8 Å². The highest BCUT2D eigenvalue weighted by Crippen LogP contribution is 2.29. The molecule has 102 valence electrons. The van der Waals surface area contributed by atoms with Crippen molar-refractivity contribution in [3.8, 4) is 0 Å². The van der Waals surface area contributed by atoms with Crippen LogP contribution in [0.3, 0.4) is 0 Å². The molecule has 0 aliphatic heterocycles. The summed E-state index contributed by atoms with van der Waals surface area (Å²) in [6.45, 7) is 4.22. The van der Waals surface area contributed by atoms with Crippen molar-refractivity contribution in [2.75, 3.05) is 24.3 Å². The Morgan fingerprint density at radius 3 is 2.63 bits per heavy atom. The molecule has 0 aromatic carbocycles. The second-order valence-electron chi connectivity index (χ2n) is 5.61. The number of aromatic nitrogens is 4. The lowest BCUT2D eigenvalue weighted by molar-refractivity contribution is 0.546. The largest absolute Gasteiger partial charge is 0.367 e. The third-order valence-corrected chi connectivity index (χ3v) is 3.25. The fourth-order valence-electron chi connectivity index (χ4n) is 2.02. The van der Waals surface area contributed by atoms with Crippen molar-refractivity contribution in [1.29, 1.82) is 0 Å². The van der Waals surface area contributed by atoms with Gasteiger partial charge in [0, 0.05) is 26.2 Å². The van der Waals surface area contributed by atoms with Crippen LogP contribution in [0.25, 0.3) is 11.0 Å². The molecule has 0 saturated heterocycles. The molecule has 0 spiro atoms. The second kappa shape index (κ2) is 4.36. The van der Waals surface area contributed by atoms with Gasteiger partial charge in [0.1, 0.15) is 5.82 Å². The van der Waals surface area contributed by atoms with Crippen LogP contribution in [0, 0.1) is 0 Å². The van der Waals surface area contributed by atoms with Gasteiger partial charge in [0.05, 0.1) is 11.6 Å². The summed E-state index contributed by atoms with van der Waals surface area (Å²) in [5.74, 6) is 1.63. The number of hydrogen-bond acceptors (Lipinski definition) is 5. The maximum atomic E-state index is 4.62. The number of fused-ring (bicyclic) bond motifs is 1. The van der Waals surface area contributed by atoms with Crippen molar-refractivity contribution in [3.05, 3.63) is 6.20 Å². The summed E-state index contributed by atoms with van der Waals surface area (Å²) in [5.41, 5.74) is 0.900. The molecule has 2 aromatic heterocycles. The zero-order valence-corrected chi connectivity index (χ0v) is 11.9. The van der Waals surface area contributed by atoms with Crippen LogP contribution in [-0.2, 0) is 0 Å². The lowest BCUT2D eigenvalue weighted by Gasteiger charge is -2.14. The van der Waals surface area contributed by atoms with E-state index in [4.69, 9.17) is 0 Å². The zero-order valence-electron chi connectivity index (χ0n) is 11.9. The van der Waals surface area contributed by atoms with E-state index < -0.39 is 0 Å². The van der Waals surface area contributed by atoms with E-state index in [9.17, 15) is 0 Å². The molecule has 1 N–H and O–H groups in total. The molecular weight excluding hydrogens is 240 g/mol. The van der Waals surface area contributed by atoms with Gasteiger partial charge in [-0.2, -0.15) is 15.1 Å². The predicted molar refractivity (Wildman–Crippen MR) is 76.7 cm³/mol. The average molecular weight is 260 g/mol. The highest BCUT2D eigenvalue weighted by atomic mass is 15.3. The summed E-state index contributed by atoms with van der Waals surface area (Å²) in [4.78, 5) is 11.1. The van der Waals surface area contributed by atoms with Gasteiger partial charge in [-0.1, -0.05) is 0 Å². The molecule has 6 nitrogen and oxygen atoms in total. The molecule has 3 rings (SSSR count). The van der Waals surface area contributed by atoms with Gasteiger partial charge >= 0.3 is 0 Å². The molecule has 1 aliphatic rings. The minimum absolute atomic E-state index is 0.288. The Hall–Kier alpha value is -1.85. The molecule has 1 saturated carbocycles. The van der Waals surface area contributed by atoms with Crippen molar-refractivity contribution in [3.63, 3.8) is 0 Å². The minimum atomic E-state index is 0.288. The molecular formula is C13H20N6. The number of anilines is 2. The van der Waals surface area contributed by atoms with Gasteiger partial charge in [-0.05, 0) is 26.7 Å². The maximum absolute atomic E-state index is 4.62. The van der Waals surface area contributed by atoms with Crippen LogP contribution in [0.5, 0.6) is 0 Å². The number of nitrogens with one attached hydrogen (secondary N) is 1. The Bertz CT molecular complexity index is 596. The second-order valence-corrected chi connectivity index (χ2v) is 5.61. The SMILES string of the molecule is CC(C)n1ncc2c(NC3CC3)nc(N(C)C)nc21. The van der Waals surface area contributed by atoms with Crippen LogP contribution in [0.4, 0.5) is 11.8 Å². The molecule has 0 bridgehead atoms. The Labute approximate surface area is 112 Å². The van der Waals surface area contributed by atoms with Crippen LogP contribution >= 0.6 is 0 Å². The van der Waals surface area contributed by atoms with E-state index in [0.717, 1.165) is 22.8 Å². The molecule has 1 fully saturated rings. The van der Waals surface area contributed by atoms with E-state index in [1.807, 2.05) is 29.9 Å². The van der Waals surface area contributed by atoms with Crippen molar-refractivity contribution in [1.82, 2.24) is 19.7 Å². The summed E-state index contributed by atoms with van der Waals surface area (Å²) >= 11 is 0. The molecule has 2 heterocycles. The first-order valence-electron chi connectivity index (χ1n) is 6.75. The molecule has 0 amide bonds. The zero-order chi connectivity index (χ0) is 13.6. The molecule has 0 atom stereocenters. The summed E-state index contributed by atoms with van der Waals surface area (Å²) in [6.07, 6.45) is 4.31. The Morgan fingerprint density at radius 1 is 1.32 bits per heavy atom. The number of hydrogen-bond donors (Lipinski definition) is 1. The van der Waals surface area contributed by atoms with Gasteiger partial charge in [-0.3, -0.25) is 0 Å². The number of rotatable bonds is 4. The highest BCUT2D eigenvalue weighted by Gasteiger charge is 2.24. The van der Waals surface area contributed by atoms with Crippen LogP contribution in [0.1, 0.15) is 32.7 Å². The normalized spacial score (nSPS) is 15.2. The maximum Gasteiger partial charge on any atom is 0.228 e. The van der Waals surface area contributed by atoms with Gasteiger partial charge in [0.2, 0.25) is 5.95 Å². The third kappa shape index (κ3) is 2.22. The van der Waals surface area contributed by atoms with E-state index in [0.29, 0.717) is 6.04 Å². The monoisotopic (exact) mass is 260 g/mol. The summed E-state index contributed by atoms with van der Waals surface area (Å²) < 4.78 is 1.95. The first-order chi connectivity index (χ1) is 9.06. The van der Waals surface area contributed by atoms with E-state index in [1.54, 1.807) is 0 Å². The van der Waals surface area contributed by atoms with Crippen molar-refractivity contribution < 1.29 is 0 Å². The molecule has 0 unspecified atom stereocenters. The fourth-order valence-corrected chi connectivity index (χ4v) is 2.02. The standard InChI is InChI=1S/C13H20N6/c1-8(2)19-12-10(7-14-19)11(15-9-5-6-9)16-13(17-12)18(3)4/h7-9H,5-6H2,1-4H3,(H,15,16,17). The number of nitrogens with zero attached hydrogens (tertiary/aromatic N) is 5. The smallest absolute Gasteiger partial charge is 0.228 e. The van der Waals surface area contributed by atoms with Gasteiger partial charge in [-0.25, -0.2) is 4.68 Å². The van der Waals surface area contributed by atoms with Gasteiger partial charge in [-0.15, -0.1) is 0 Å². The first-order valence-corrected chi connectivity index (χ1v) is 6.75. The van der Waals surface area contributed by atoms with E-state index in [2.05, 4.69) is 34.2 Å². The van der Waals surface area contributed by atoms with Crippen molar-refractivity contribution in [2.24, 2.45) is 0 Å². The van der Waals surface area contributed by atoms with Crippen LogP contribution in [0.2, 0.25) is 0 Å². The van der Waals surface area contributed by atoms with E-state index in [1.165, 1.54) is 12.8 Å². The van der Waals surface area contributed by atoms with E-state index >= 15 is 0 Å². The molecule has 2 aromatic rings. The van der Waals surface area contributed by atoms with Crippen LogP contribution in [-0.4, -0.2) is 39.9 Å². The summed E-state index contributed by atoms with van der Waals surface area (Å²) in [5, 5.41) is 8.92. The predicted octanol–water partition coefficient (Wildman–Crippen LogP) is 2.05. The topological polar surface area (TPSA) is 58.9 Å². The Balaban J connectivity index is 2.15. The first kappa shape index (κ1) is 12.2. The van der Waals surface area contributed by atoms with Gasteiger partial charge < -0.3 is 10.2 Å². The van der Waals surface area contributed by atoms with E-state index in [-0.39, 0.29) is 6.04 Å². The van der Waals surface area contributed by atoms with Crippen molar-refractivity contribution >= 4 is 22.8 Å². The lowest BCUT2D eigenvalue weighted by Crippen LogP contribution is -2.15. The van der Waals surface area contributed by atoms with Gasteiger partial charge in [0.25, 0.3) is 0 Å². The minimum Gasteiger partial charge on any atom is -0.367 e. The Kier molecular flexibility index (Phi) is 2.80. The van der Waals surface area contributed by atoms with Gasteiger partial charge in [0.15, 0.2) is 5.65 Å². The van der Waals surface area contributed by atoms with Crippen LogP contribution in [0.15, 0.2) is 6.20 Å².